The molecule has 0 bridgehead atoms. The van der Waals surface area contributed by atoms with Gasteiger partial charge in [0, 0.05) is 6.54 Å². The number of hydrogen-bond donors (Lipinski definition) is 1. The summed E-state index contributed by atoms with van der Waals surface area (Å²) in [5, 5.41) is 0. The molecule has 2 atom stereocenters. The molecule has 0 aromatic heterocycles. The summed E-state index contributed by atoms with van der Waals surface area (Å²) in [6.07, 6.45) is 6.24. The van der Waals surface area contributed by atoms with E-state index in [9.17, 15) is 0 Å². The summed E-state index contributed by atoms with van der Waals surface area (Å²) in [5.41, 5.74) is 7.18. The molecule has 4 heteroatoms. The van der Waals surface area contributed by atoms with Gasteiger partial charge in [0.25, 0.3) is 0 Å². The second-order valence-corrected chi connectivity index (χ2v) is 8.22. The molecule has 1 aromatic rings. The molecule has 2 saturated carbocycles. The number of rotatable bonds is 2. The summed E-state index contributed by atoms with van der Waals surface area (Å²) in [6, 6.07) is 8.06. The van der Waals surface area contributed by atoms with Crippen LogP contribution in [-0.4, -0.2) is 18.3 Å². The zero-order chi connectivity index (χ0) is 16.7. The molecule has 3 aliphatic rings. The highest BCUT2D eigenvalue weighted by Gasteiger charge is 2.51. The monoisotopic (exact) mass is 315 g/mol. The normalized spacial score (nSPS) is 29.7. The molecule has 0 radical (unpaired) electrons. The third-order valence-electron chi connectivity index (χ3n) is 5.93. The number of hydrogen-bond acceptors (Lipinski definition) is 3. The van der Waals surface area contributed by atoms with Gasteiger partial charge in [-0.1, -0.05) is 43.5 Å². The molecule has 0 spiro atoms. The van der Waals surface area contributed by atoms with Crippen molar-refractivity contribution in [1.82, 2.24) is 0 Å². The van der Waals surface area contributed by atoms with Crippen molar-refractivity contribution in [2.75, 3.05) is 0 Å². The Balaban J connectivity index is 0.000000213. The van der Waals surface area contributed by atoms with Gasteiger partial charge in [-0.05, 0) is 57.0 Å². The van der Waals surface area contributed by atoms with Crippen LogP contribution in [0.1, 0.15) is 58.9 Å². The quantitative estimate of drug-likeness (QED) is 0.852. The molecule has 0 amide bonds. The van der Waals surface area contributed by atoms with Gasteiger partial charge in [0.2, 0.25) is 0 Å². The summed E-state index contributed by atoms with van der Waals surface area (Å²) in [5.74, 6) is 2.43. The predicted molar refractivity (Wildman–Crippen MR) is 95.5 cm³/mol. The Morgan fingerprint density at radius 1 is 1.09 bits per heavy atom. The third kappa shape index (κ3) is 3.65. The van der Waals surface area contributed by atoms with Gasteiger partial charge in [0.1, 0.15) is 0 Å². The third-order valence-corrected chi connectivity index (χ3v) is 5.93. The summed E-state index contributed by atoms with van der Waals surface area (Å²) in [4.78, 5) is 0. The number of nitrogens with two attached hydrogens (primary N) is 1. The molecule has 3 fully saturated rings. The van der Waals surface area contributed by atoms with E-state index in [2.05, 4.69) is 27.7 Å². The van der Waals surface area contributed by atoms with E-state index >= 15 is 0 Å². The van der Waals surface area contributed by atoms with Gasteiger partial charge in [-0.15, -0.1) is 0 Å². The summed E-state index contributed by atoms with van der Waals surface area (Å²) >= 11 is 0. The molecule has 4 rings (SSSR count). The maximum absolute atomic E-state index is 5.99. The van der Waals surface area contributed by atoms with Crippen LogP contribution in [0.3, 0.4) is 0 Å². The Hall–Kier alpha value is -0.835. The first-order chi connectivity index (χ1) is 10.8. The molecule has 1 heterocycles. The first-order valence-electron chi connectivity index (χ1n) is 8.97. The zero-order valence-corrected chi connectivity index (χ0v) is 15.0. The van der Waals surface area contributed by atoms with Gasteiger partial charge >= 0.3 is 7.12 Å². The minimum atomic E-state index is -0.300. The van der Waals surface area contributed by atoms with Crippen molar-refractivity contribution in [3.8, 4) is 0 Å². The van der Waals surface area contributed by atoms with Crippen LogP contribution in [0.5, 0.6) is 0 Å². The molecule has 2 unspecified atom stereocenters. The Morgan fingerprint density at radius 3 is 2.13 bits per heavy atom. The van der Waals surface area contributed by atoms with E-state index < -0.39 is 0 Å². The molecule has 2 N–H and O–H groups in total. The zero-order valence-electron chi connectivity index (χ0n) is 15.0. The molecule has 1 saturated heterocycles. The molecular formula is C19H30BNO2. The van der Waals surface area contributed by atoms with Crippen LogP contribution in [0.25, 0.3) is 0 Å². The Morgan fingerprint density at radius 2 is 1.70 bits per heavy atom. The van der Waals surface area contributed by atoms with Crippen LogP contribution in [-0.2, 0) is 15.9 Å². The van der Waals surface area contributed by atoms with Crippen LogP contribution in [0.2, 0.25) is 0 Å². The molecular weight excluding hydrogens is 285 g/mol. The van der Waals surface area contributed by atoms with Crippen LogP contribution < -0.4 is 11.2 Å². The molecule has 1 aromatic carbocycles. The van der Waals surface area contributed by atoms with Crippen LogP contribution >= 0.6 is 0 Å². The van der Waals surface area contributed by atoms with Crippen molar-refractivity contribution in [3.05, 3.63) is 29.8 Å². The lowest BCUT2D eigenvalue weighted by Gasteiger charge is -2.32. The highest BCUT2D eigenvalue weighted by atomic mass is 16.7. The van der Waals surface area contributed by atoms with Gasteiger partial charge in [-0.2, -0.15) is 0 Å². The highest BCUT2D eigenvalue weighted by Crippen LogP contribution is 2.51. The molecule has 3 nitrogen and oxygen atoms in total. The maximum atomic E-state index is 5.99. The maximum Gasteiger partial charge on any atom is 0.494 e. The van der Waals surface area contributed by atoms with E-state index in [0.717, 1.165) is 11.0 Å². The fraction of sp³-hybridized carbons (Fsp3) is 0.684. The van der Waals surface area contributed by atoms with Crippen molar-refractivity contribution in [1.29, 1.82) is 0 Å². The van der Waals surface area contributed by atoms with E-state index in [1.165, 1.54) is 18.3 Å². The van der Waals surface area contributed by atoms with Gasteiger partial charge in [-0.3, -0.25) is 0 Å². The van der Waals surface area contributed by atoms with Crippen molar-refractivity contribution < 1.29 is 9.31 Å². The number of fused-ring (bicyclic) bond motifs is 1. The largest absolute Gasteiger partial charge is 0.494 e. The van der Waals surface area contributed by atoms with Gasteiger partial charge in [0.15, 0.2) is 0 Å². The molecule has 23 heavy (non-hydrogen) atoms. The van der Waals surface area contributed by atoms with Crippen LogP contribution in [0.15, 0.2) is 24.3 Å². The first kappa shape index (κ1) is 17.0. The SMILES string of the molecule is C1CC2CC2C1.CC1(C)OB(c2cccc(CN)c2)OC1(C)C. The van der Waals surface area contributed by atoms with E-state index in [1.54, 1.807) is 19.3 Å². The lowest BCUT2D eigenvalue weighted by atomic mass is 9.78. The molecule has 2 aliphatic carbocycles. The first-order valence-corrected chi connectivity index (χ1v) is 8.97. The fourth-order valence-electron chi connectivity index (χ4n) is 3.51. The standard InChI is InChI=1S/C13H20BNO2.C6H10/c1-12(2)13(3,4)17-14(16-12)11-7-5-6-10(8-11)9-15;1-2-5-4-6(5)3-1/h5-8H,9,15H2,1-4H3;5-6H,1-4H2. The van der Waals surface area contributed by atoms with E-state index in [0.29, 0.717) is 6.54 Å². The van der Waals surface area contributed by atoms with Gasteiger partial charge in [0.05, 0.1) is 11.2 Å². The Labute approximate surface area is 141 Å². The van der Waals surface area contributed by atoms with E-state index in [4.69, 9.17) is 15.0 Å². The van der Waals surface area contributed by atoms with E-state index in [1.807, 2.05) is 24.3 Å². The minimum Gasteiger partial charge on any atom is -0.399 e. The second-order valence-electron chi connectivity index (χ2n) is 8.22. The molecule has 1 aliphatic heterocycles. The van der Waals surface area contributed by atoms with Gasteiger partial charge < -0.3 is 15.0 Å². The van der Waals surface area contributed by atoms with Crippen molar-refractivity contribution >= 4 is 12.6 Å². The summed E-state index contributed by atoms with van der Waals surface area (Å²) < 4.78 is 12.0. The van der Waals surface area contributed by atoms with Crippen molar-refractivity contribution in [3.63, 3.8) is 0 Å². The number of benzene rings is 1. The lowest BCUT2D eigenvalue weighted by Crippen LogP contribution is -2.41. The smallest absolute Gasteiger partial charge is 0.399 e. The van der Waals surface area contributed by atoms with Crippen molar-refractivity contribution in [2.45, 2.75) is 71.1 Å². The minimum absolute atomic E-state index is 0.295. The summed E-state index contributed by atoms with van der Waals surface area (Å²) in [6.45, 7) is 8.76. The van der Waals surface area contributed by atoms with Crippen LogP contribution in [0, 0.1) is 11.8 Å². The van der Waals surface area contributed by atoms with Crippen molar-refractivity contribution in [2.24, 2.45) is 17.6 Å². The second kappa shape index (κ2) is 6.23. The van der Waals surface area contributed by atoms with E-state index in [-0.39, 0.29) is 18.3 Å². The Kier molecular flexibility index (Phi) is 4.61. The van der Waals surface area contributed by atoms with Crippen LogP contribution in [0.4, 0.5) is 0 Å². The average molecular weight is 315 g/mol. The lowest BCUT2D eigenvalue weighted by molar-refractivity contribution is 0.00578. The fourth-order valence-corrected chi connectivity index (χ4v) is 3.51. The topological polar surface area (TPSA) is 44.5 Å². The average Bonchev–Trinajstić information content (AvgIpc) is 3.03. The van der Waals surface area contributed by atoms with Gasteiger partial charge in [-0.25, -0.2) is 0 Å². The Bertz CT molecular complexity index is 534. The molecule has 126 valence electrons. The summed E-state index contributed by atoms with van der Waals surface area (Å²) in [7, 11) is -0.300. The predicted octanol–water partition coefficient (Wildman–Crippen LogP) is 3.25. The highest BCUT2D eigenvalue weighted by molar-refractivity contribution is 6.62.